The van der Waals surface area contributed by atoms with Crippen molar-refractivity contribution in [3.63, 3.8) is 0 Å². The van der Waals surface area contributed by atoms with Crippen molar-refractivity contribution in [2.45, 2.75) is 44.6 Å². The molecule has 0 saturated heterocycles. The molecule has 2 rings (SSSR count). The van der Waals surface area contributed by atoms with Crippen molar-refractivity contribution in [2.24, 2.45) is 5.92 Å². The van der Waals surface area contributed by atoms with Crippen LogP contribution < -0.4 is 5.32 Å². The normalized spacial score (nSPS) is 25.3. The van der Waals surface area contributed by atoms with E-state index in [1.165, 1.54) is 0 Å². The SMILES string of the molecule is CC1(NC(=O)Cc2cccc(Cl)c2)CCCCC1C(=O)O. The highest BCUT2D eigenvalue weighted by Crippen LogP contribution is 2.33. The van der Waals surface area contributed by atoms with E-state index in [4.69, 9.17) is 11.6 Å². The Kier molecular flexibility index (Phi) is 4.88. The molecule has 2 atom stereocenters. The van der Waals surface area contributed by atoms with E-state index in [1.807, 2.05) is 13.0 Å². The van der Waals surface area contributed by atoms with Crippen molar-refractivity contribution in [2.75, 3.05) is 0 Å². The lowest BCUT2D eigenvalue weighted by molar-refractivity contribution is -0.146. The highest BCUT2D eigenvalue weighted by Gasteiger charge is 2.42. The van der Waals surface area contributed by atoms with Crippen LogP contribution in [0.15, 0.2) is 24.3 Å². The number of nitrogens with one attached hydrogen (secondary N) is 1. The van der Waals surface area contributed by atoms with Gasteiger partial charge in [0.15, 0.2) is 0 Å². The summed E-state index contributed by atoms with van der Waals surface area (Å²) in [5.74, 6) is -1.51. The predicted molar refractivity (Wildman–Crippen MR) is 81.3 cm³/mol. The summed E-state index contributed by atoms with van der Waals surface area (Å²) in [5, 5.41) is 12.9. The summed E-state index contributed by atoms with van der Waals surface area (Å²) in [6.07, 6.45) is 3.37. The number of carbonyl (C=O) groups is 2. The van der Waals surface area contributed by atoms with Crippen LogP contribution in [0.1, 0.15) is 38.2 Å². The number of halogens is 1. The second-order valence-corrected chi connectivity index (χ2v) is 6.35. The maximum absolute atomic E-state index is 12.2. The predicted octanol–water partition coefficient (Wildman–Crippen LogP) is 3.03. The van der Waals surface area contributed by atoms with Crippen molar-refractivity contribution in [3.05, 3.63) is 34.9 Å². The maximum atomic E-state index is 12.2. The quantitative estimate of drug-likeness (QED) is 0.898. The molecule has 1 aromatic rings. The molecule has 2 N–H and O–H groups in total. The van der Waals surface area contributed by atoms with E-state index in [2.05, 4.69) is 5.32 Å². The van der Waals surface area contributed by atoms with Gasteiger partial charge in [0.25, 0.3) is 0 Å². The van der Waals surface area contributed by atoms with Gasteiger partial charge in [-0.15, -0.1) is 0 Å². The molecule has 0 bridgehead atoms. The summed E-state index contributed by atoms with van der Waals surface area (Å²) in [6, 6.07) is 7.14. The molecule has 0 heterocycles. The third kappa shape index (κ3) is 3.97. The number of carbonyl (C=O) groups excluding carboxylic acids is 1. The highest BCUT2D eigenvalue weighted by atomic mass is 35.5. The zero-order valence-electron chi connectivity index (χ0n) is 12.1. The van der Waals surface area contributed by atoms with Crippen LogP contribution in [0, 0.1) is 5.92 Å². The molecular weight excluding hydrogens is 290 g/mol. The van der Waals surface area contributed by atoms with Crippen LogP contribution in [-0.2, 0) is 16.0 Å². The van der Waals surface area contributed by atoms with Gasteiger partial charge >= 0.3 is 5.97 Å². The number of benzene rings is 1. The Balaban J connectivity index is 2.04. The molecule has 0 aromatic heterocycles. The third-order valence-electron chi connectivity index (χ3n) is 4.18. The Morgan fingerprint density at radius 2 is 2.19 bits per heavy atom. The van der Waals surface area contributed by atoms with E-state index in [-0.39, 0.29) is 12.3 Å². The average molecular weight is 310 g/mol. The van der Waals surface area contributed by atoms with Crippen LogP contribution in [0.3, 0.4) is 0 Å². The number of carboxylic acids is 1. The van der Waals surface area contributed by atoms with Gasteiger partial charge in [0.2, 0.25) is 5.91 Å². The molecule has 1 aliphatic carbocycles. The van der Waals surface area contributed by atoms with Crippen molar-refractivity contribution in [1.82, 2.24) is 5.32 Å². The second kappa shape index (κ2) is 6.48. The Morgan fingerprint density at radius 3 is 2.86 bits per heavy atom. The molecule has 5 heteroatoms. The van der Waals surface area contributed by atoms with Gasteiger partial charge in [0, 0.05) is 5.02 Å². The van der Waals surface area contributed by atoms with Crippen LogP contribution in [0.5, 0.6) is 0 Å². The fourth-order valence-electron chi connectivity index (χ4n) is 3.07. The molecule has 2 unspecified atom stereocenters. The smallest absolute Gasteiger partial charge is 0.308 e. The van der Waals surface area contributed by atoms with Crippen molar-refractivity contribution < 1.29 is 14.7 Å². The first-order chi connectivity index (χ1) is 9.90. The minimum Gasteiger partial charge on any atom is -0.481 e. The van der Waals surface area contributed by atoms with E-state index in [0.717, 1.165) is 18.4 Å². The second-order valence-electron chi connectivity index (χ2n) is 5.91. The van der Waals surface area contributed by atoms with Gasteiger partial charge in [0.05, 0.1) is 17.9 Å². The van der Waals surface area contributed by atoms with Gasteiger partial charge in [-0.25, -0.2) is 0 Å². The first-order valence-corrected chi connectivity index (χ1v) is 7.57. The molecule has 4 nitrogen and oxygen atoms in total. The van der Waals surface area contributed by atoms with Gasteiger partial charge in [-0.05, 0) is 37.5 Å². The van der Waals surface area contributed by atoms with Crippen LogP contribution in [0.2, 0.25) is 5.02 Å². The maximum Gasteiger partial charge on any atom is 0.308 e. The van der Waals surface area contributed by atoms with Gasteiger partial charge in [0.1, 0.15) is 0 Å². The first-order valence-electron chi connectivity index (χ1n) is 7.19. The first kappa shape index (κ1) is 15.8. The number of rotatable bonds is 4. The number of hydrogen-bond donors (Lipinski definition) is 2. The molecular formula is C16H20ClNO3. The summed E-state index contributed by atoms with van der Waals surface area (Å²) in [4.78, 5) is 23.6. The van der Waals surface area contributed by atoms with Crippen LogP contribution >= 0.6 is 11.6 Å². The van der Waals surface area contributed by atoms with E-state index >= 15 is 0 Å². The van der Waals surface area contributed by atoms with E-state index in [0.29, 0.717) is 17.9 Å². The van der Waals surface area contributed by atoms with Gasteiger partial charge in [-0.1, -0.05) is 36.6 Å². The lowest BCUT2D eigenvalue weighted by atomic mass is 9.74. The van der Waals surface area contributed by atoms with Crippen LogP contribution in [-0.4, -0.2) is 22.5 Å². The topological polar surface area (TPSA) is 66.4 Å². The Hall–Kier alpha value is -1.55. The van der Waals surface area contributed by atoms with Crippen LogP contribution in [0.25, 0.3) is 0 Å². The number of hydrogen-bond acceptors (Lipinski definition) is 2. The van der Waals surface area contributed by atoms with Crippen molar-refractivity contribution >= 4 is 23.5 Å². The van der Waals surface area contributed by atoms with Crippen LogP contribution in [0.4, 0.5) is 0 Å². The molecule has 114 valence electrons. The fraction of sp³-hybridized carbons (Fsp3) is 0.500. The van der Waals surface area contributed by atoms with Crippen molar-refractivity contribution in [3.8, 4) is 0 Å². The molecule has 0 spiro atoms. The minimum absolute atomic E-state index is 0.159. The Labute approximate surface area is 129 Å². The average Bonchev–Trinajstić information content (AvgIpc) is 2.37. The summed E-state index contributed by atoms with van der Waals surface area (Å²) < 4.78 is 0. The number of carboxylic acid groups (broad SMARTS) is 1. The summed E-state index contributed by atoms with van der Waals surface area (Å²) >= 11 is 5.90. The van der Waals surface area contributed by atoms with Crippen molar-refractivity contribution in [1.29, 1.82) is 0 Å². The molecule has 1 aliphatic rings. The number of aliphatic carboxylic acids is 1. The largest absolute Gasteiger partial charge is 0.481 e. The molecule has 0 radical (unpaired) electrons. The summed E-state index contributed by atoms with van der Waals surface area (Å²) in [5.41, 5.74) is 0.158. The molecule has 1 saturated carbocycles. The minimum atomic E-state index is -0.833. The number of amides is 1. The summed E-state index contributed by atoms with van der Waals surface area (Å²) in [6.45, 7) is 1.83. The lowest BCUT2D eigenvalue weighted by Crippen LogP contribution is -2.55. The third-order valence-corrected chi connectivity index (χ3v) is 4.42. The van der Waals surface area contributed by atoms with E-state index in [9.17, 15) is 14.7 Å². The molecule has 1 fully saturated rings. The van der Waals surface area contributed by atoms with Gasteiger partial charge in [-0.3, -0.25) is 9.59 Å². The Morgan fingerprint density at radius 1 is 1.43 bits per heavy atom. The summed E-state index contributed by atoms with van der Waals surface area (Å²) in [7, 11) is 0. The fourth-order valence-corrected chi connectivity index (χ4v) is 3.29. The zero-order chi connectivity index (χ0) is 15.5. The molecule has 1 amide bonds. The van der Waals surface area contributed by atoms with Gasteiger partial charge in [-0.2, -0.15) is 0 Å². The molecule has 21 heavy (non-hydrogen) atoms. The van der Waals surface area contributed by atoms with E-state index in [1.54, 1.807) is 18.2 Å². The molecule has 1 aromatic carbocycles. The monoisotopic (exact) mass is 309 g/mol. The standard InChI is InChI=1S/C16H20ClNO3/c1-16(8-3-2-7-13(16)15(20)21)18-14(19)10-11-5-4-6-12(17)9-11/h4-6,9,13H,2-3,7-8,10H2,1H3,(H,18,19)(H,20,21). The molecule has 0 aliphatic heterocycles. The van der Waals surface area contributed by atoms with Gasteiger partial charge < -0.3 is 10.4 Å². The van der Waals surface area contributed by atoms with E-state index < -0.39 is 17.4 Å². The highest BCUT2D eigenvalue weighted by molar-refractivity contribution is 6.30. The Bertz CT molecular complexity index is 546. The lowest BCUT2D eigenvalue weighted by Gasteiger charge is -2.39. The zero-order valence-corrected chi connectivity index (χ0v) is 12.8.